The van der Waals surface area contributed by atoms with E-state index in [1.807, 2.05) is 6.07 Å². The summed E-state index contributed by atoms with van der Waals surface area (Å²) in [6.07, 6.45) is 0. The van der Waals surface area contributed by atoms with Crippen molar-refractivity contribution in [1.82, 2.24) is 29.2 Å². The van der Waals surface area contributed by atoms with Gasteiger partial charge in [-0.3, -0.25) is 9.59 Å². The molecule has 2 saturated heterocycles. The van der Waals surface area contributed by atoms with Crippen LogP contribution in [-0.2, 0) is 29.5 Å². The second kappa shape index (κ2) is 18.6. The van der Waals surface area contributed by atoms with E-state index in [1.165, 1.54) is 45.0 Å². The van der Waals surface area contributed by atoms with Crippen molar-refractivity contribution in [2.24, 2.45) is 0 Å². The largest absolute Gasteiger partial charge is 0.379 e. The van der Waals surface area contributed by atoms with E-state index in [4.69, 9.17) is 9.47 Å². The lowest BCUT2D eigenvalue weighted by molar-refractivity contribution is 0.0730. The van der Waals surface area contributed by atoms with Crippen molar-refractivity contribution in [2.45, 2.75) is 9.79 Å². The number of aromatic nitrogens is 4. The fourth-order valence-electron chi connectivity index (χ4n) is 5.66. The maximum absolute atomic E-state index is 12.9. The lowest BCUT2D eigenvalue weighted by Gasteiger charge is -2.26. The van der Waals surface area contributed by atoms with E-state index in [1.54, 1.807) is 48.5 Å². The Kier molecular flexibility index (Phi) is 13.6. The molecule has 0 radical (unpaired) electrons. The molecule has 3 N–H and O–H groups in total. The summed E-state index contributed by atoms with van der Waals surface area (Å²) in [6, 6.07) is 23.9. The fourth-order valence-corrected chi connectivity index (χ4v) is 9.29. The number of anilines is 2. The van der Waals surface area contributed by atoms with E-state index in [2.05, 4.69) is 63.1 Å². The number of carbonyl (C=O) groups excluding carboxylic acids is 2. The van der Waals surface area contributed by atoms with Crippen molar-refractivity contribution in [3.05, 3.63) is 111 Å². The third-order valence-electron chi connectivity index (χ3n) is 8.57. The van der Waals surface area contributed by atoms with E-state index in [-0.39, 0.29) is 47.1 Å². The number of aromatic amines is 1. The topological polar surface area (TPSA) is 230 Å². The molecule has 2 fully saturated rings. The molecule has 21 heteroatoms. The fraction of sp³-hybridized carbons (Fsp3) is 0.222. The number of amides is 2. The number of H-pyrrole nitrogens is 1. The quantitative estimate of drug-likeness (QED) is 0.186. The average molecular weight is 944 g/mol. The monoisotopic (exact) mass is 941 g/mol. The highest BCUT2D eigenvalue weighted by molar-refractivity contribution is 9.10. The highest BCUT2D eigenvalue weighted by Gasteiger charge is 2.28. The molecule has 0 bridgehead atoms. The van der Waals surface area contributed by atoms with E-state index >= 15 is 0 Å². The van der Waals surface area contributed by atoms with Crippen molar-refractivity contribution in [2.75, 3.05) is 63.2 Å². The van der Waals surface area contributed by atoms with E-state index < -0.39 is 31.9 Å². The smallest absolute Gasteiger partial charge is 0.255 e. The molecule has 0 spiro atoms. The number of nitrogens with one attached hydrogen (secondary N) is 3. The summed E-state index contributed by atoms with van der Waals surface area (Å²) < 4.78 is 65.8. The second-order valence-electron chi connectivity index (χ2n) is 12.2. The van der Waals surface area contributed by atoms with Gasteiger partial charge in [-0.1, -0.05) is 44.0 Å². The minimum Gasteiger partial charge on any atom is -0.379 e. The molecular formula is C36H33Br2N9O8S2. The van der Waals surface area contributed by atoms with Gasteiger partial charge in [0.1, 0.15) is 6.07 Å². The molecule has 0 atom stereocenters. The van der Waals surface area contributed by atoms with Crippen LogP contribution in [0.25, 0.3) is 11.4 Å². The first-order chi connectivity index (χ1) is 27.4. The zero-order chi connectivity index (χ0) is 40.6. The number of nitriles is 1. The maximum atomic E-state index is 12.9. The van der Waals surface area contributed by atoms with Crippen molar-refractivity contribution in [1.29, 1.82) is 5.26 Å². The first-order valence-corrected chi connectivity index (χ1v) is 21.5. The van der Waals surface area contributed by atoms with Crippen LogP contribution >= 0.6 is 31.9 Å². The first kappa shape index (κ1) is 41.7. The number of morpholine rings is 2. The van der Waals surface area contributed by atoms with Gasteiger partial charge in [0.05, 0.1) is 53.2 Å². The number of rotatable bonds is 9. The molecule has 296 valence electrons. The molecule has 5 aromatic rings. The number of carbonyl (C=O) groups is 2. The van der Waals surface area contributed by atoms with E-state index in [0.717, 1.165) is 8.95 Å². The number of hydrogen-bond donors (Lipinski definition) is 3. The van der Waals surface area contributed by atoms with Gasteiger partial charge >= 0.3 is 0 Å². The molecule has 4 aromatic carbocycles. The Bertz CT molecular complexity index is 2520. The van der Waals surface area contributed by atoms with Crippen molar-refractivity contribution < 1.29 is 35.9 Å². The van der Waals surface area contributed by atoms with E-state index in [9.17, 15) is 31.7 Å². The third-order valence-corrected chi connectivity index (χ3v) is 13.4. The lowest BCUT2D eigenvalue weighted by atomic mass is 10.1. The maximum Gasteiger partial charge on any atom is 0.255 e. The van der Waals surface area contributed by atoms with Crippen LogP contribution in [0.2, 0.25) is 0 Å². The van der Waals surface area contributed by atoms with Gasteiger partial charge in [-0.15, -0.1) is 10.2 Å². The van der Waals surface area contributed by atoms with Crippen LogP contribution in [0.5, 0.6) is 0 Å². The molecule has 2 aliphatic heterocycles. The van der Waals surface area contributed by atoms with Crippen molar-refractivity contribution in [3.63, 3.8) is 0 Å². The van der Waals surface area contributed by atoms with Gasteiger partial charge in [0.2, 0.25) is 25.9 Å². The van der Waals surface area contributed by atoms with Crippen LogP contribution in [0.3, 0.4) is 0 Å². The Labute approximate surface area is 344 Å². The van der Waals surface area contributed by atoms with Crippen LogP contribution in [0.1, 0.15) is 26.3 Å². The highest BCUT2D eigenvalue weighted by atomic mass is 79.9. The summed E-state index contributed by atoms with van der Waals surface area (Å²) in [5.41, 5.74) is 2.08. The molecule has 7 rings (SSSR count). The van der Waals surface area contributed by atoms with Gasteiger partial charge < -0.3 is 20.1 Å². The molecule has 3 heterocycles. The standard InChI is InChI=1S/C18H17BrN6O4S.C18H16BrN3O4S/c19-13-4-5-16(15(11-13)17-21-23-24-22-17)20-18(26)12-2-1-3-14(10-12)30(27,28)25-6-8-29-9-7-25;19-15-4-5-17(14(10-15)12-20)21-18(23)13-2-1-3-16(11-13)27(24,25)22-6-8-26-9-7-22/h1-5,10-11H,6-9H2,(H,20,26)(H,21,22,23,24);1-5,10-11H,6-9H2,(H,21,23). The lowest BCUT2D eigenvalue weighted by Crippen LogP contribution is -2.40. The van der Waals surface area contributed by atoms with Gasteiger partial charge in [-0.05, 0) is 78.0 Å². The summed E-state index contributed by atoms with van der Waals surface area (Å²) in [5.74, 6) is -0.635. The predicted octanol–water partition coefficient (Wildman–Crippen LogP) is 4.50. The first-order valence-electron chi connectivity index (χ1n) is 17.1. The molecular weight excluding hydrogens is 910 g/mol. The summed E-state index contributed by atoms with van der Waals surface area (Å²) >= 11 is 6.66. The summed E-state index contributed by atoms with van der Waals surface area (Å²) in [6.45, 7) is 2.52. The average Bonchev–Trinajstić information content (AvgIpc) is 3.78. The van der Waals surface area contributed by atoms with E-state index in [0.29, 0.717) is 54.8 Å². The third kappa shape index (κ3) is 10.2. The van der Waals surface area contributed by atoms with Crippen molar-refractivity contribution in [3.8, 4) is 17.5 Å². The summed E-state index contributed by atoms with van der Waals surface area (Å²) in [4.78, 5) is 25.5. The molecule has 2 amide bonds. The normalized spacial score (nSPS) is 15.1. The molecule has 0 saturated carbocycles. The molecule has 1 aromatic heterocycles. The molecule has 2 aliphatic rings. The molecule has 0 unspecified atom stereocenters. The molecule has 0 aliphatic carbocycles. The van der Waals surface area contributed by atoms with Gasteiger partial charge in [-0.25, -0.2) is 16.8 Å². The van der Waals surface area contributed by atoms with Gasteiger partial charge in [0.25, 0.3) is 11.8 Å². The Morgan fingerprint density at radius 3 is 1.68 bits per heavy atom. The number of benzene rings is 4. The van der Waals surface area contributed by atoms with Crippen LogP contribution < -0.4 is 10.6 Å². The minimum atomic E-state index is -3.71. The SMILES string of the molecule is N#Cc1cc(Br)ccc1NC(=O)c1cccc(S(=O)(=O)N2CCOCC2)c1.O=C(Nc1ccc(Br)cc1-c1nn[nH]n1)c1cccc(S(=O)(=O)N2CCOCC2)c1. The van der Waals surface area contributed by atoms with Gasteiger partial charge in [0.15, 0.2) is 0 Å². The Hall–Kier alpha value is -4.92. The zero-order valence-corrected chi connectivity index (χ0v) is 34.6. The molecule has 17 nitrogen and oxygen atoms in total. The van der Waals surface area contributed by atoms with Crippen LogP contribution in [0, 0.1) is 11.3 Å². The highest BCUT2D eigenvalue weighted by Crippen LogP contribution is 2.29. The zero-order valence-electron chi connectivity index (χ0n) is 29.8. The van der Waals surface area contributed by atoms with Gasteiger partial charge in [-0.2, -0.15) is 19.1 Å². The Balaban J connectivity index is 0.000000194. The molecule has 57 heavy (non-hydrogen) atoms. The Morgan fingerprint density at radius 1 is 0.702 bits per heavy atom. The van der Waals surface area contributed by atoms with Gasteiger partial charge in [0, 0.05) is 51.8 Å². The summed E-state index contributed by atoms with van der Waals surface area (Å²) in [5, 5.41) is 28.5. The van der Waals surface area contributed by atoms with Crippen LogP contribution in [0.15, 0.2) is 104 Å². The number of halogens is 2. The minimum absolute atomic E-state index is 0.0494. The number of sulfonamides is 2. The number of tetrazole rings is 1. The number of ether oxygens (including phenoxy) is 2. The predicted molar refractivity (Wildman–Crippen MR) is 214 cm³/mol. The number of hydrogen-bond acceptors (Lipinski definition) is 12. The van der Waals surface area contributed by atoms with Crippen LogP contribution in [0.4, 0.5) is 11.4 Å². The van der Waals surface area contributed by atoms with Crippen molar-refractivity contribution >= 4 is 75.1 Å². The second-order valence-corrected chi connectivity index (χ2v) is 17.9. The Morgan fingerprint density at radius 2 is 1.19 bits per heavy atom. The van der Waals surface area contributed by atoms with Crippen LogP contribution in [-0.4, -0.2) is 110 Å². The number of nitrogens with zero attached hydrogens (tertiary/aromatic N) is 6. The summed E-state index contributed by atoms with van der Waals surface area (Å²) in [7, 11) is -7.40.